The van der Waals surface area contributed by atoms with E-state index in [0.29, 0.717) is 22.9 Å². The van der Waals surface area contributed by atoms with Gasteiger partial charge in [0.15, 0.2) is 5.16 Å². The first-order valence-corrected chi connectivity index (χ1v) is 10.1. The number of likely N-dealkylation sites (tertiary alicyclic amines) is 1. The van der Waals surface area contributed by atoms with Crippen LogP contribution in [0.2, 0.25) is 0 Å². The molecule has 0 saturated carbocycles. The van der Waals surface area contributed by atoms with Gasteiger partial charge in [-0.1, -0.05) is 11.8 Å². The van der Waals surface area contributed by atoms with Crippen LogP contribution in [0.4, 0.5) is 0 Å². The van der Waals surface area contributed by atoms with Gasteiger partial charge in [-0.15, -0.1) is 0 Å². The molecule has 1 atom stereocenters. The number of aromatic nitrogens is 2. The summed E-state index contributed by atoms with van der Waals surface area (Å²) in [5, 5.41) is 0.684. The van der Waals surface area contributed by atoms with Gasteiger partial charge in [0.2, 0.25) is 5.91 Å². The maximum atomic E-state index is 12.5. The van der Waals surface area contributed by atoms with Crippen molar-refractivity contribution in [2.75, 3.05) is 45.1 Å². The summed E-state index contributed by atoms with van der Waals surface area (Å²) in [5.41, 5.74) is 0.933. The molecule has 0 aliphatic carbocycles. The molecule has 0 unspecified atom stereocenters. The van der Waals surface area contributed by atoms with Crippen LogP contribution < -0.4 is 0 Å². The Kier molecular flexibility index (Phi) is 6.67. The Morgan fingerprint density at radius 3 is 2.72 bits per heavy atom. The van der Waals surface area contributed by atoms with E-state index in [9.17, 15) is 4.79 Å². The predicted octanol–water partition coefficient (Wildman–Crippen LogP) is 1.84. The predicted molar refractivity (Wildman–Crippen MR) is 98.7 cm³/mol. The third kappa shape index (κ3) is 5.15. The second-order valence-corrected chi connectivity index (χ2v) is 7.82. The Morgan fingerprint density at radius 1 is 1.32 bits per heavy atom. The lowest BCUT2D eigenvalue weighted by Crippen LogP contribution is -2.49. The fraction of sp³-hybridized carbons (Fsp3) is 0.722. The summed E-state index contributed by atoms with van der Waals surface area (Å²) in [5.74, 6) is 1.30. The SMILES string of the molecule is Cc1ccnc(SCC(=O)N2CCC([C@H](C)N3CCOCC3)CC2)n1. The molecule has 25 heavy (non-hydrogen) atoms. The van der Waals surface area contributed by atoms with Gasteiger partial charge in [0, 0.05) is 44.1 Å². The van der Waals surface area contributed by atoms with E-state index in [1.165, 1.54) is 11.8 Å². The first-order valence-electron chi connectivity index (χ1n) is 9.15. The van der Waals surface area contributed by atoms with Gasteiger partial charge in [0.05, 0.1) is 19.0 Å². The third-order valence-corrected chi connectivity index (χ3v) is 6.14. The molecule has 2 saturated heterocycles. The molecule has 3 rings (SSSR count). The maximum absolute atomic E-state index is 12.5. The summed E-state index contributed by atoms with van der Waals surface area (Å²) in [6.45, 7) is 9.77. The lowest BCUT2D eigenvalue weighted by molar-refractivity contribution is -0.130. The van der Waals surface area contributed by atoms with Crippen LogP contribution >= 0.6 is 11.8 Å². The van der Waals surface area contributed by atoms with Gasteiger partial charge in [0.25, 0.3) is 0 Å². The van der Waals surface area contributed by atoms with Gasteiger partial charge < -0.3 is 9.64 Å². The second-order valence-electron chi connectivity index (χ2n) is 6.88. The smallest absolute Gasteiger partial charge is 0.233 e. The standard InChI is InChI=1S/C18H28N4O2S/c1-14-3-6-19-18(20-14)25-13-17(23)22-7-4-16(5-8-22)15(2)21-9-11-24-12-10-21/h3,6,15-16H,4-5,7-13H2,1-2H3/t15-/m0/s1. The molecule has 1 aromatic rings. The van der Waals surface area contributed by atoms with Crippen molar-refractivity contribution in [1.29, 1.82) is 0 Å². The second kappa shape index (κ2) is 8.96. The molecular weight excluding hydrogens is 336 g/mol. The number of ether oxygens (including phenoxy) is 1. The number of aryl methyl sites for hydroxylation is 1. The highest BCUT2D eigenvalue weighted by Crippen LogP contribution is 2.25. The summed E-state index contributed by atoms with van der Waals surface area (Å²) >= 11 is 1.43. The highest BCUT2D eigenvalue weighted by atomic mass is 32.2. The Morgan fingerprint density at radius 2 is 2.04 bits per heavy atom. The summed E-state index contributed by atoms with van der Waals surface area (Å²) in [7, 11) is 0. The third-order valence-electron chi connectivity index (χ3n) is 5.29. The molecule has 1 aromatic heterocycles. The van der Waals surface area contributed by atoms with Crippen molar-refractivity contribution in [2.24, 2.45) is 5.92 Å². The lowest BCUT2D eigenvalue weighted by Gasteiger charge is -2.41. The number of piperidine rings is 1. The van der Waals surface area contributed by atoms with E-state index in [1.54, 1.807) is 6.20 Å². The first-order chi connectivity index (χ1) is 12.1. The number of carbonyl (C=O) groups is 1. The summed E-state index contributed by atoms with van der Waals surface area (Å²) in [6.07, 6.45) is 3.93. The number of hydrogen-bond donors (Lipinski definition) is 0. The van der Waals surface area contributed by atoms with Crippen molar-refractivity contribution < 1.29 is 9.53 Å². The van der Waals surface area contributed by atoms with Crippen LogP contribution in [-0.4, -0.2) is 76.9 Å². The van der Waals surface area contributed by atoms with Crippen LogP contribution in [0, 0.1) is 12.8 Å². The molecule has 0 spiro atoms. The monoisotopic (exact) mass is 364 g/mol. The van der Waals surface area contributed by atoms with Crippen molar-refractivity contribution >= 4 is 17.7 Å². The topological polar surface area (TPSA) is 58.6 Å². The zero-order valence-electron chi connectivity index (χ0n) is 15.2. The largest absolute Gasteiger partial charge is 0.379 e. The van der Waals surface area contributed by atoms with Crippen LogP contribution in [0.3, 0.4) is 0 Å². The van der Waals surface area contributed by atoms with Crippen LogP contribution in [-0.2, 0) is 9.53 Å². The van der Waals surface area contributed by atoms with Crippen molar-refractivity contribution in [2.45, 2.75) is 37.9 Å². The maximum Gasteiger partial charge on any atom is 0.233 e. The molecule has 0 N–H and O–H groups in total. The quantitative estimate of drug-likeness (QED) is 0.587. The molecule has 138 valence electrons. The van der Waals surface area contributed by atoms with E-state index in [1.807, 2.05) is 17.9 Å². The fourth-order valence-corrected chi connectivity index (χ4v) is 4.41. The zero-order chi connectivity index (χ0) is 17.6. The molecule has 2 fully saturated rings. The molecule has 0 aromatic carbocycles. The minimum absolute atomic E-state index is 0.201. The molecule has 1 amide bonds. The van der Waals surface area contributed by atoms with E-state index < -0.39 is 0 Å². The Bertz CT molecular complexity index is 572. The summed E-state index contributed by atoms with van der Waals surface area (Å²) < 4.78 is 5.45. The van der Waals surface area contributed by atoms with E-state index >= 15 is 0 Å². The van der Waals surface area contributed by atoms with Crippen LogP contribution in [0.15, 0.2) is 17.4 Å². The van der Waals surface area contributed by atoms with Crippen molar-refractivity contribution in [1.82, 2.24) is 19.8 Å². The van der Waals surface area contributed by atoms with Gasteiger partial charge in [-0.05, 0) is 38.7 Å². The molecule has 3 heterocycles. The lowest BCUT2D eigenvalue weighted by atomic mass is 9.89. The highest BCUT2D eigenvalue weighted by Gasteiger charge is 2.30. The first kappa shape index (κ1) is 18.6. The average molecular weight is 365 g/mol. The van der Waals surface area contributed by atoms with Crippen molar-refractivity contribution in [3.63, 3.8) is 0 Å². The van der Waals surface area contributed by atoms with Gasteiger partial charge in [-0.3, -0.25) is 9.69 Å². The number of thioether (sulfide) groups is 1. The minimum Gasteiger partial charge on any atom is -0.379 e. The number of carbonyl (C=O) groups excluding carboxylic acids is 1. The fourth-order valence-electron chi connectivity index (χ4n) is 3.63. The Hall–Kier alpha value is -1.18. The van der Waals surface area contributed by atoms with Crippen LogP contribution in [0.25, 0.3) is 0 Å². The van der Waals surface area contributed by atoms with E-state index in [2.05, 4.69) is 21.8 Å². The molecule has 0 radical (unpaired) electrons. The molecule has 2 aliphatic rings. The van der Waals surface area contributed by atoms with Crippen molar-refractivity contribution in [3.05, 3.63) is 18.0 Å². The van der Waals surface area contributed by atoms with Gasteiger partial charge >= 0.3 is 0 Å². The summed E-state index contributed by atoms with van der Waals surface area (Å²) in [6, 6.07) is 2.45. The van der Waals surface area contributed by atoms with E-state index in [4.69, 9.17) is 4.74 Å². The van der Waals surface area contributed by atoms with Crippen molar-refractivity contribution in [3.8, 4) is 0 Å². The number of nitrogens with zero attached hydrogens (tertiary/aromatic N) is 4. The van der Waals surface area contributed by atoms with Crippen LogP contribution in [0.5, 0.6) is 0 Å². The minimum atomic E-state index is 0.201. The number of rotatable bonds is 5. The molecule has 2 aliphatic heterocycles. The normalized spacial score (nSPS) is 21.3. The molecule has 0 bridgehead atoms. The number of amides is 1. The Labute approximate surface area is 154 Å². The Balaban J connectivity index is 1.42. The molecular formula is C18H28N4O2S. The number of morpholine rings is 1. The van der Waals surface area contributed by atoms with E-state index in [-0.39, 0.29) is 5.91 Å². The highest BCUT2D eigenvalue weighted by molar-refractivity contribution is 7.99. The summed E-state index contributed by atoms with van der Waals surface area (Å²) in [4.78, 5) is 25.6. The van der Waals surface area contributed by atoms with E-state index in [0.717, 1.165) is 57.9 Å². The van der Waals surface area contributed by atoms with Crippen LogP contribution in [0.1, 0.15) is 25.5 Å². The number of hydrogen-bond acceptors (Lipinski definition) is 6. The molecule has 6 nitrogen and oxygen atoms in total. The van der Waals surface area contributed by atoms with Gasteiger partial charge in [-0.2, -0.15) is 0 Å². The van der Waals surface area contributed by atoms with Gasteiger partial charge in [-0.25, -0.2) is 9.97 Å². The molecule has 7 heteroatoms. The van der Waals surface area contributed by atoms with Gasteiger partial charge in [0.1, 0.15) is 0 Å². The zero-order valence-corrected chi connectivity index (χ0v) is 16.0. The average Bonchev–Trinajstić information content (AvgIpc) is 2.66.